The zero-order valence-electron chi connectivity index (χ0n) is 13.3. The van der Waals surface area contributed by atoms with Crippen molar-refractivity contribution in [2.45, 2.75) is 6.54 Å². The van der Waals surface area contributed by atoms with Gasteiger partial charge >= 0.3 is 0 Å². The third kappa shape index (κ3) is 2.06. The second-order valence-corrected chi connectivity index (χ2v) is 6.48. The highest BCUT2D eigenvalue weighted by atomic mass is 14.5. The summed E-state index contributed by atoms with van der Waals surface area (Å²) >= 11 is 0. The molecule has 0 aliphatic heterocycles. The topological polar surface area (TPSA) is 26.0 Å². The molecular formula is C23H17N. The van der Waals surface area contributed by atoms with Crippen LogP contribution in [0.15, 0.2) is 78.9 Å². The van der Waals surface area contributed by atoms with Crippen molar-refractivity contribution in [3.05, 3.63) is 84.4 Å². The Morgan fingerprint density at radius 3 is 1.38 bits per heavy atom. The third-order valence-corrected chi connectivity index (χ3v) is 4.92. The lowest BCUT2D eigenvalue weighted by Gasteiger charge is -2.08. The standard InChI is InChI=1S/C23H17N/c24-14-15-5-6-18-10-22-12-20-8-16-3-1-2-4-17(16)9-21(20)13-23(22)11-19(18)7-15/h1-13H,14,24H2. The first-order valence-electron chi connectivity index (χ1n) is 8.29. The molecule has 5 rings (SSSR count). The highest BCUT2D eigenvalue weighted by Crippen LogP contribution is 2.30. The summed E-state index contributed by atoms with van der Waals surface area (Å²) in [6.45, 7) is 0.581. The Bertz CT molecular complexity index is 1230. The Balaban J connectivity index is 1.86. The maximum absolute atomic E-state index is 5.78. The molecule has 1 heteroatoms. The van der Waals surface area contributed by atoms with Gasteiger partial charge in [0.15, 0.2) is 0 Å². The Hall–Kier alpha value is -2.90. The van der Waals surface area contributed by atoms with Crippen molar-refractivity contribution in [2.75, 3.05) is 0 Å². The van der Waals surface area contributed by atoms with E-state index < -0.39 is 0 Å². The summed E-state index contributed by atoms with van der Waals surface area (Å²) in [5.41, 5.74) is 6.96. The third-order valence-electron chi connectivity index (χ3n) is 4.92. The number of rotatable bonds is 1. The molecule has 0 aromatic heterocycles. The van der Waals surface area contributed by atoms with E-state index in [9.17, 15) is 0 Å². The van der Waals surface area contributed by atoms with Gasteiger partial charge < -0.3 is 5.73 Å². The van der Waals surface area contributed by atoms with Gasteiger partial charge in [-0.2, -0.15) is 0 Å². The average molecular weight is 307 g/mol. The summed E-state index contributed by atoms with van der Waals surface area (Å²) in [6, 6.07) is 28.7. The second-order valence-electron chi connectivity index (χ2n) is 6.48. The van der Waals surface area contributed by atoms with Crippen LogP contribution in [-0.4, -0.2) is 0 Å². The van der Waals surface area contributed by atoms with E-state index in [-0.39, 0.29) is 0 Å². The van der Waals surface area contributed by atoms with Gasteiger partial charge in [-0.25, -0.2) is 0 Å². The van der Waals surface area contributed by atoms with E-state index in [2.05, 4.69) is 78.9 Å². The molecule has 0 fully saturated rings. The van der Waals surface area contributed by atoms with Crippen LogP contribution in [0.3, 0.4) is 0 Å². The highest BCUT2D eigenvalue weighted by molar-refractivity contribution is 6.08. The molecule has 0 saturated heterocycles. The number of benzene rings is 5. The lowest BCUT2D eigenvalue weighted by Crippen LogP contribution is -1.95. The first kappa shape index (κ1) is 13.5. The van der Waals surface area contributed by atoms with Crippen LogP contribution in [0.4, 0.5) is 0 Å². The molecule has 0 heterocycles. The van der Waals surface area contributed by atoms with E-state index >= 15 is 0 Å². The van der Waals surface area contributed by atoms with E-state index in [1.54, 1.807) is 0 Å². The van der Waals surface area contributed by atoms with E-state index in [0.29, 0.717) is 6.54 Å². The lowest BCUT2D eigenvalue weighted by atomic mass is 9.97. The van der Waals surface area contributed by atoms with Crippen molar-refractivity contribution >= 4 is 43.1 Å². The van der Waals surface area contributed by atoms with E-state index in [1.165, 1.54) is 48.7 Å². The van der Waals surface area contributed by atoms with Crippen molar-refractivity contribution < 1.29 is 0 Å². The maximum Gasteiger partial charge on any atom is 0.0178 e. The Morgan fingerprint density at radius 1 is 0.458 bits per heavy atom. The van der Waals surface area contributed by atoms with E-state index in [1.807, 2.05) is 0 Å². The summed E-state index contributed by atoms with van der Waals surface area (Å²) in [7, 11) is 0. The second kappa shape index (κ2) is 5.05. The van der Waals surface area contributed by atoms with Gasteiger partial charge in [0, 0.05) is 6.54 Å². The van der Waals surface area contributed by atoms with Gasteiger partial charge in [0.25, 0.3) is 0 Å². The van der Waals surface area contributed by atoms with Crippen LogP contribution in [0.5, 0.6) is 0 Å². The van der Waals surface area contributed by atoms with Crippen LogP contribution >= 0.6 is 0 Å². The summed E-state index contributed by atoms with van der Waals surface area (Å²) in [5, 5.41) is 10.2. The normalized spacial score (nSPS) is 11.7. The monoisotopic (exact) mass is 307 g/mol. The fraction of sp³-hybridized carbons (Fsp3) is 0.0435. The molecule has 0 atom stereocenters. The minimum absolute atomic E-state index is 0.581. The van der Waals surface area contributed by atoms with Gasteiger partial charge in [-0.1, -0.05) is 36.4 Å². The Morgan fingerprint density at radius 2 is 0.875 bits per heavy atom. The van der Waals surface area contributed by atoms with Crippen LogP contribution in [0.2, 0.25) is 0 Å². The molecule has 5 aromatic rings. The fourth-order valence-corrected chi connectivity index (χ4v) is 3.62. The number of hydrogen-bond donors (Lipinski definition) is 1. The van der Waals surface area contributed by atoms with Gasteiger partial charge in [0.05, 0.1) is 0 Å². The molecule has 0 aliphatic carbocycles. The number of fused-ring (bicyclic) bond motifs is 4. The highest BCUT2D eigenvalue weighted by Gasteiger charge is 2.03. The van der Waals surface area contributed by atoms with Crippen molar-refractivity contribution in [3.8, 4) is 0 Å². The minimum Gasteiger partial charge on any atom is -0.326 e. The van der Waals surface area contributed by atoms with Crippen molar-refractivity contribution in [1.82, 2.24) is 0 Å². The molecule has 0 unspecified atom stereocenters. The van der Waals surface area contributed by atoms with Crippen LogP contribution in [0.1, 0.15) is 5.56 Å². The largest absolute Gasteiger partial charge is 0.326 e. The van der Waals surface area contributed by atoms with Crippen LogP contribution in [0.25, 0.3) is 43.1 Å². The van der Waals surface area contributed by atoms with Gasteiger partial charge in [0.1, 0.15) is 0 Å². The predicted octanol–water partition coefficient (Wildman–Crippen LogP) is 5.76. The smallest absolute Gasteiger partial charge is 0.0178 e. The van der Waals surface area contributed by atoms with Gasteiger partial charge in [-0.05, 0) is 91.1 Å². The van der Waals surface area contributed by atoms with E-state index in [4.69, 9.17) is 5.73 Å². The first-order chi connectivity index (χ1) is 11.8. The number of hydrogen-bond acceptors (Lipinski definition) is 1. The minimum atomic E-state index is 0.581. The molecule has 0 radical (unpaired) electrons. The molecular weight excluding hydrogens is 290 g/mol. The van der Waals surface area contributed by atoms with Crippen molar-refractivity contribution in [3.63, 3.8) is 0 Å². The van der Waals surface area contributed by atoms with Crippen LogP contribution in [-0.2, 0) is 6.54 Å². The zero-order valence-corrected chi connectivity index (χ0v) is 13.3. The average Bonchev–Trinajstić information content (AvgIpc) is 2.62. The summed E-state index contributed by atoms with van der Waals surface area (Å²) in [4.78, 5) is 0. The van der Waals surface area contributed by atoms with Crippen LogP contribution in [0, 0.1) is 0 Å². The molecule has 0 saturated carbocycles. The summed E-state index contributed by atoms with van der Waals surface area (Å²) in [5.74, 6) is 0. The van der Waals surface area contributed by atoms with Crippen LogP contribution < -0.4 is 5.73 Å². The SMILES string of the molecule is NCc1ccc2cc3cc4cc5ccccc5cc4cc3cc2c1. The summed E-state index contributed by atoms with van der Waals surface area (Å²) in [6.07, 6.45) is 0. The molecule has 5 aromatic carbocycles. The Labute approximate surface area is 140 Å². The molecule has 0 amide bonds. The zero-order chi connectivity index (χ0) is 16.1. The molecule has 1 nitrogen and oxygen atoms in total. The van der Waals surface area contributed by atoms with Crippen molar-refractivity contribution in [1.29, 1.82) is 0 Å². The number of nitrogens with two attached hydrogens (primary N) is 1. The molecule has 2 N–H and O–H groups in total. The first-order valence-corrected chi connectivity index (χ1v) is 8.29. The quantitative estimate of drug-likeness (QED) is 0.392. The predicted molar refractivity (Wildman–Crippen MR) is 104 cm³/mol. The molecule has 0 bridgehead atoms. The molecule has 0 spiro atoms. The lowest BCUT2D eigenvalue weighted by molar-refractivity contribution is 1.08. The molecule has 114 valence electrons. The van der Waals surface area contributed by atoms with E-state index in [0.717, 1.165) is 0 Å². The maximum atomic E-state index is 5.78. The van der Waals surface area contributed by atoms with Gasteiger partial charge in [0.2, 0.25) is 0 Å². The fourth-order valence-electron chi connectivity index (χ4n) is 3.62. The Kier molecular flexibility index (Phi) is 2.85. The van der Waals surface area contributed by atoms with Gasteiger partial charge in [-0.3, -0.25) is 0 Å². The van der Waals surface area contributed by atoms with Gasteiger partial charge in [-0.15, -0.1) is 0 Å². The summed E-state index contributed by atoms with van der Waals surface area (Å²) < 4.78 is 0. The molecule has 24 heavy (non-hydrogen) atoms. The molecule has 0 aliphatic rings. The van der Waals surface area contributed by atoms with Crippen molar-refractivity contribution in [2.24, 2.45) is 5.73 Å².